The lowest BCUT2D eigenvalue weighted by molar-refractivity contribution is 0.0288. The van der Waals surface area contributed by atoms with Crippen molar-refractivity contribution in [1.82, 2.24) is 0 Å². The van der Waals surface area contributed by atoms with Gasteiger partial charge in [0.25, 0.3) is 0 Å². The van der Waals surface area contributed by atoms with Crippen LogP contribution in [-0.4, -0.2) is 19.2 Å². The molecule has 4 aromatic rings. The van der Waals surface area contributed by atoms with Crippen LogP contribution in [0.15, 0.2) is 109 Å². The van der Waals surface area contributed by atoms with Crippen molar-refractivity contribution in [1.29, 1.82) is 0 Å². The van der Waals surface area contributed by atoms with Gasteiger partial charge in [-0.15, -0.1) is 0 Å². The maximum Gasteiger partial charge on any atom is 0.338 e. The van der Waals surface area contributed by atoms with Crippen LogP contribution in [0.2, 0.25) is 0 Å². The van der Waals surface area contributed by atoms with E-state index in [1.165, 1.54) is 0 Å². The summed E-state index contributed by atoms with van der Waals surface area (Å²) < 4.78 is 10.9. The molecule has 0 heterocycles. The SMILES string of the molecule is O=C(OCCOCc1ccccc1)c1ccc(-c2ccccc2-c2ccccc2)cc1. The average Bonchev–Trinajstić information content (AvgIpc) is 2.85. The van der Waals surface area contributed by atoms with Crippen LogP contribution in [0.3, 0.4) is 0 Å². The van der Waals surface area contributed by atoms with Gasteiger partial charge in [-0.3, -0.25) is 0 Å². The first-order valence-corrected chi connectivity index (χ1v) is 10.3. The highest BCUT2D eigenvalue weighted by Gasteiger charge is 2.10. The number of carbonyl (C=O) groups excluding carboxylic acids is 1. The largest absolute Gasteiger partial charge is 0.460 e. The minimum atomic E-state index is -0.341. The second-order valence-corrected chi connectivity index (χ2v) is 7.16. The molecule has 0 amide bonds. The predicted octanol–water partition coefficient (Wildman–Crippen LogP) is 6.39. The van der Waals surface area contributed by atoms with Gasteiger partial charge >= 0.3 is 5.97 Å². The molecule has 0 atom stereocenters. The quantitative estimate of drug-likeness (QED) is 0.250. The Kier molecular flexibility index (Phi) is 6.89. The number of esters is 1. The third-order valence-corrected chi connectivity index (χ3v) is 5.02. The molecule has 0 saturated heterocycles. The Bertz CT molecular complexity index is 1100. The minimum absolute atomic E-state index is 0.226. The molecular formula is C28H24O3. The van der Waals surface area contributed by atoms with Gasteiger partial charge in [-0.05, 0) is 39.9 Å². The van der Waals surface area contributed by atoms with Crippen molar-refractivity contribution in [2.75, 3.05) is 13.2 Å². The van der Waals surface area contributed by atoms with Gasteiger partial charge < -0.3 is 9.47 Å². The molecule has 0 aromatic heterocycles. The van der Waals surface area contributed by atoms with Crippen molar-refractivity contribution in [3.8, 4) is 22.3 Å². The van der Waals surface area contributed by atoms with E-state index in [0.717, 1.165) is 27.8 Å². The first-order chi connectivity index (χ1) is 15.3. The highest BCUT2D eigenvalue weighted by atomic mass is 16.6. The Balaban J connectivity index is 1.35. The van der Waals surface area contributed by atoms with Crippen LogP contribution < -0.4 is 0 Å². The zero-order valence-corrected chi connectivity index (χ0v) is 17.2. The fourth-order valence-electron chi connectivity index (χ4n) is 3.43. The Hall–Kier alpha value is -3.69. The first-order valence-electron chi connectivity index (χ1n) is 10.3. The van der Waals surface area contributed by atoms with Gasteiger partial charge in [0, 0.05) is 0 Å². The number of benzene rings is 4. The van der Waals surface area contributed by atoms with Crippen LogP contribution >= 0.6 is 0 Å². The van der Waals surface area contributed by atoms with Crippen molar-refractivity contribution in [2.45, 2.75) is 6.61 Å². The molecule has 0 saturated carbocycles. The summed E-state index contributed by atoms with van der Waals surface area (Å²) in [5, 5.41) is 0. The van der Waals surface area contributed by atoms with E-state index in [1.54, 1.807) is 0 Å². The van der Waals surface area contributed by atoms with Crippen LogP contribution in [0.5, 0.6) is 0 Å². The molecule has 0 aliphatic rings. The molecule has 4 rings (SSSR count). The summed E-state index contributed by atoms with van der Waals surface area (Å²) >= 11 is 0. The molecule has 0 aliphatic carbocycles. The molecule has 0 unspecified atom stereocenters. The van der Waals surface area contributed by atoms with Gasteiger partial charge in [0.15, 0.2) is 0 Å². The maximum absolute atomic E-state index is 12.3. The maximum atomic E-state index is 12.3. The van der Waals surface area contributed by atoms with Crippen molar-refractivity contribution >= 4 is 5.97 Å². The lowest BCUT2D eigenvalue weighted by Crippen LogP contribution is -2.10. The molecule has 0 spiro atoms. The fraction of sp³-hybridized carbons (Fsp3) is 0.107. The van der Waals surface area contributed by atoms with Gasteiger partial charge in [0.2, 0.25) is 0 Å². The van der Waals surface area contributed by atoms with Crippen LogP contribution in [0.25, 0.3) is 22.3 Å². The average molecular weight is 408 g/mol. The summed E-state index contributed by atoms with van der Waals surface area (Å²) in [5.74, 6) is -0.341. The molecular weight excluding hydrogens is 384 g/mol. The minimum Gasteiger partial charge on any atom is -0.460 e. The smallest absolute Gasteiger partial charge is 0.338 e. The van der Waals surface area contributed by atoms with Crippen molar-refractivity contribution in [3.05, 3.63) is 120 Å². The number of rotatable bonds is 8. The highest BCUT2D eigenvalue weighted by Crippen LogP contribution is 2.32. The van der Waals surface area contributed by atoms with E-state index >= 15 is 0 Å². The van der Waals surface area contributed by atoms with E-state index in [2.05, 4.69) is 24.3 Å². The van der Waals surface area contributed by atoms with Gasteiger partial charge in [-0.1, -0.05) is 97.1 Å². The number of hydrogen-bond donors (Lipinski definition) is 0. The molecule has 0 fully saturated rings. The summed E-state index contributed by atoms with van der Waals surface area (Å²) in [5.41, 5.74) is 6.14. The summed E-state index contributed by atoms with van der Waals surface area (Å²) in [7, 11) is 0. The monoisotopic (exact) mass is 408 g/mol. The van der Waals surface area contributed by atoms with Crippen LogP contribution in [0.4, 0.5) is 0 Å². The predicted molar refractivity (Wildman–Crippen MR) is 124 cm³/mol. The molecule has 3 nitrogen and oxygen atoms in total. The molecule has 0 aliphatic heterocycles. The molecule has 4 aromatic carbocycles. The van der Waals surface area contributed by atoms with Crippen LogP contribution in [0.1, 0.15) is 15.9 Å². The van der Waals surface area contributed by atoms with Crippen molar-refractivity contribution in [2.24, 2.45) is 0 Å². The lowest BCUT2D eigenvalue weighted by atomic mass is 9.94. The van der Waals surface area contributed by atoms with E-state index in [9.17, 15) is 4.79 Å². The molecule has 0 radical (unpaired) electrons. The van der Waals surface area contributed by atoms with E-state index in [0.29, 0.717) is 18.8 Å². The van der Waals surface area contributed by atoms with E-state index in [4.69, 9.17) is 9.47 Å². The van der Waals surface area contributed by atoms with Crippen LogP contribution in [0, 0.1) is 0 Å². The third-order valence-electron chi connectivity index (χ3n) is 5.02. The Labute approximate surface area is 182 Å². The third kappa shape index (κ3) is 5.47. The Morgan fingerprint density at radius 3 is 1.77 bits per heavy atom. The van der Waals surface area contributed by atoms with Crippen molar-refractivity contribution in [3.63, 3.8) is 0 Å². The Morgan fingerprint density at radius 2 is 1.13 bits per heavy atom. The second-order valence-electron chi connectivity index (χ2n) is 7.16. The normalized spacial score (nSPS) is 10.6. The molecule has 154 valence electrons. The molecule has 0 N–H and O–H groups in total. The molecule has 31 heavy (non-hydrogen) atoms. The van der Waals surface area contributed by atoms with Gasteiger partial charge in [-0.2, -0.15) is 0 Å². The van der Waals surface area contributed by atoms with Crippen molar-refractivity contribution < 1.29 is 14.3 Å². The van der Waals surface area contributed by atoms with Gasteiger partial charge in [0.1, 0.15) is 6.61 Å². The number of carbonyl (C=O) groups is 1. The number of hydrogen-bond acceptors (Lipinski definition) is 3. The topological polar surface area (TPSA) is 35.5 Å². The van der Waals surface area contributed by atoms with E-state index in [1.807, 2.05) is 84.9 Å². The first kappa shape index (κ1) is 20.6. The standard InChI is InChI=1S/C28H24O3/c29-28(31-20-19-30-21-22-9-3-1-4-10-22)25-17-15-24(16-18-25)27-14-8-7-13-26(27)23-11-5-2-6-12-23/h1-18H,19-21H2. The highest BCUT2D eigenvalue weighted by molar-refractivity contribution is 5.91. The zero-order chi connectivity index (χ0) is 21.3. The van der Waals surface area contributed by atoms with Gasteiger partial charge in [-0.25, -0.2) is 4.79 Å². The molecule has 3 heteroatoms. The van der Waals surface area contributed by atoms with E-state index < -0.39 is 0 Å². The van der Waals surface area contributed by atoms with E-state index in [-0.39, 0.29) is 12.6 Å². The zero-order valence-electron chi connectivity index (χ0n) is 17.2. The molecule has 0 bridgehead atoms. The van der Waals surface area contributed by atoms with Crippen LogP contribution in [-0.2, 0) is 16.1 Å². The number of ether oxygens (including phenoxy) is 2. The van der Waals surface area contributed by atoms with Gasteiger partial charge in [0.05, 0.1) is 18.8 Å². The lowest BCUT2D eigenvalue weighted by Gasteiger charge is -2.11. The Morgan fingerprint density at radius 1 is 0.581 bits per heavy atom. The summed E-state index contributed by atoms with van der Waals surface area (Å²) in [6.45, 7) is 1.10. The summed E-state index contributed by atoms with van der Waals surface area (Å²) in [6.07, 6.45) is 0. The summed E-state index contributed by atoms with van der Waals surface area (Å²) in [4.78, 5) is 12.3. The second kappa shape index (κ2) is 10.4. The fourth-order valence-corrected chi connectivity index (χ4v) is 3.43. The summed E-state index contributed by atoms with van der Waals surface area (Å²) in [6, 6.07) is 36.0.